The fourth-order valence-corrected chi connectivity index (χ4v) is 16.8. The van der Waals surface area contributed by atoms with E-state index in [1.807, 2.05) is 94.1 Å². The zero-order chi connectivity index (χ0) is 44.3. The Hall–Kier alpha value is -4.74. The molecule has 0 amide bonds. The van der Waals surface area contributed by atoms with Gasteiger partial charge in [-0.05, 0) is 97.1 Å². The summed E-state index contributed by atoms with van der Waals surface area (Å²) in [7, 11) is 0. The molecule has 0 unspecified atom stereocenters. The fourth-order valence-electron chi connectivity index (χ4n) is 7.14. The summed E-state index contributed by atoms with van der Waals surface area (Å²) in [6.45, 7) is 0. The van der Waals surface area contributed by atoms with Crippen molar-refractivity contribution < 1.29 is 0 Å². The molecule has 0 saturated carbocycles. The van der Waals surface area contributed by atoms with Gasteiger partial charge in [-0.25, -0.2) is 0 Å². The largest absolute Gasteiger partial charge is 0.0882 e. The molecule has 0 aliphatic rings. The molecule has 0 N–H and O–H groups in total. The predicted octanol–water partition coefficient (Wildman–Crippen LogP) is 20.0. The van der Waals surface area contributed by atoms with Crippen molar-refractivity contribution in [3.8, 4) is 0 Å². The molecule has 0 heterocycles. The van der Waals surface area contributed by atoms with E-state index >= 15 is 0 Å². The molecule has 10 aromatic rings. The monoisotopic (exact) mass is 992 g/mol. The van der Waals surface area contributed by atoms with Crippen LogP contribution in [0.4, 0.5) is 0 Å². The van der Waals surface area contributed by atoms with Gasteiger partial charge in [-0.15, -0.1) is 0 Å². The van der Waals surface area contributed by atoms with Gasteiger partial charge in [0.05, 0.1) is 0 Å². The van der Waals surface area contributed by atoms with Gasteiger partial charge in [0, 0.05) is 89.1 Å². The summed E-state index contributed by atoms with van der Waals surface area (Å²) in [6.07, 6.45) is 0. The van der Waals surface area contributed by atoms with E-state index in [2.05, 4.69) is 243 Å². The Bertz CT molecular complexity index is 2710. The summed E-state index contributed by atoms with van der Waals surface area (Å²) in [6, 6.07) is 87.5. The van der Waals surface area contributed by atoms with Gasteiger partial charge >= 0.3 is 0 Å². The Morgan fingerprint density at radius 1 is 0.136 bits per heavy atom. The molecule has 0 radical (unpaired) electrons. The first kappa shape index (κ1) is 45.1. The van der Waals surface area contributed by atoms with Crippen LogP contribution in [0, 0.1) is 0 Å². The molecule has 0 nitrogen and oxygen atoms in total. The molecule has 0 fully saturated rings. The van der Waals surface area contributed by atoms with E-state index in [1.54, 1.807) is 0 Å². The summed E-state index contributed by atoms with van der Waals surface area (Å²) in [5.74, 6) is 0. The molecule has 10 aromatic carbocycles. The molecule has 0 spiro atoms. The smallest absolute Gasteiger partial charge is 0.0420 e. The van der Waals surface area contributed by atoms with Gasteiger partial charge in [-0.1, -0.05) is 240 Å². The van der Waals surface area contributed by atoms with Gasteiger partial charge in [0.15, 0.2) is 0 Å². The van der Waals surface area contributed by atoms with Gasteiger partial charge in [-0.2, -0.15) is 0 Å². The fraction of sp³-hybridized carbons (Fsp3) is 0. The van der Waals surface area contributed by atoms with Gasteiger partial charge in [0.2, 0.25) is 0 Å². The number of fused-ring (bicyclic) bond motifs is 1. The number of benzene rings is 10. The predicted molar refractivity (Wildman–Crippen MR) is 288 cm³/mol. The second-order valence-electron chi connectivity index (χ2n) is 14.7. The number of rotatable bonds is 16. The lowest BCUT2D eigenvalue weighted by Crippen LogP contribution is -2.00. The quantitative estimate of drug-likeness (QED) is 0.0927. The first-order valence-corrected chi connectivity index (χ1v) is 27.8. The van der Waals surface area contributed by atoms with E-state index in [9.17, 15) is 0 Å². The lowest BCUT2D eigenvalue weighted by atomic mass is 10.1. The van der Waals surface area contributed by atoms with Crippen molar-refractivity contribution in [1.82, 2.24) is 0 Å². The topological polar surface area (TPSA) is 0 Å². The van der Waals surface area contributed by atoms with Crippen LogP contribution in [0.5, 0.6) is 0 Å². The van der Waals surface area contributed by atoms with Crippen molar-refractivity contribution in [2.75, 3.05) is 0 Å². The summed E-state index contributed by atoms with van der Waals surface area (Å²) in [4.78, 5) is 19.6. The third-order valence-electron chi connectivity index (χ3n) is 10.1. The highest BCUT2D eigenvalue weighted by molar-refractivity contribution is 8.06. The zero-order valence-electron chi connectivity index (χ0n) is 35.4. The van der Waals surface area contributed by atoms with E-state index in [4.69, 9.17) is 0 Å². The van der Waals surface area contributed by atoms with E-state index in [1.165, 1.54) is 89.1 Å². The first-order chi connectivity index (χ1) is 32.7. The molecule has 10 rings (SSSR count). The van der Waals surface area contributed by atoms with E-state index in [-0.39, 0.29) is 0 Å². The number of hydrogen-bond acceptors (Lipinski definition) is 8. The van der Waals surface area contributed by atoms with Gasteiger partial charge in [0.25, 0.3) is 0 Å². The van der Waals surface area contributed by atoms with E-state index < -0.39 is 0 Å². The van der Waals surface area contributed by atoms with Crippen LogP contribution in [0.15, 0.2) is 321 Å². The molecule has 66 heavy (non-hydrogen) atoms. The average molecular weight is 993 g/mol. The minimum atomic E-state index is 1.20. The Morgan fingerprint density at radius 3 is 0.394 bits per heavy atom. The second-order valence-corrected chi connectivity index (χ2v) is 23.4. The second kappa shape index (κ2) is 22.4. The van der Waals surface area contributed by atoms with Crippen LogP contribution in [-0.4, -0.2) is 0 Å². The molecule has 0 bridgehead atoms. The third-order valence-corrected chi connectivity index (χ3v) is 19.8. The molecule has 0 aliphatic carbocycles. The SMILES string of the molecule is c1ccc(Sc2c(Sc3ccccc3)c(Sc3ccccc3)c3c(Sc4ccccc4)c(Sc4ccccc4)c(Sc4ccccc4)c(Sc4ccccc4)c3c2Sc2ccccc2)cc1. The Balaban J connectivity index is 1.44. The highest BCUT2D eigenvalue weighted by Gasteiger charge is 2.32. The van der Waals surface area contributed by atoms with Crippen molar-refractivity contribution >= 4 is 105 Å². The normalized spacial score (nSPS) is 11.2. The van der Waals surface area contributed by atoms with Crippen LogP contribution >= 0.6 is 94.1 Å². The Labute approximate surface area is 422 Å². The lowest BCUT2D eigenvalue weighted by molar-refractivity contribution is 0.995. The summed E-state index contributed by atoms with van der Waals surface area (Å²) in [5, 5.41) is 2.53. The molecule has 0 aliphatic heterocycles. The Kier molecular flexibility index (Phi) is 15.3. The van der Waals surface area contributed by atoms with Crippen molar-refractivity contribution in [3.63, 3.8) is 0 Å². The summed E-state index contributed by atoms with van der Waals surface area (Å²) in [5.41, 5.74) is 0. The summed E-state index contributed by atoms with van der Waals surface area (Å²) < 4.78 is 0. The molecule has 0 atom stereocenters. The molecular weight excluding hydrogens is 953 g/mol. The van der Waals surface area contributed by atoms with Crippen molar-refractivity contribution in [1.29, 1.82) is 0 Å². The zero-order valence-corrected chi connectivity index (χ0v) is 41.9. The van der Waals surface area contributed by atoms with Crippen molar-refractivity contribution in [2.45, 2.75) is 78.3 Å². The van der Waals surface area contributed by atoms with Crippen LogP contribution in [0.3, 0.4) is 0 Å². The summed E-state index contributed by atoms with van der Waals surface area (Å²) >= 11 is 15.1. The molecular formula is C58H40S8. The molecule has 320 valence electrons. The van der Waals surface area contributed by atoms with Crippen LogP contribution in [-0.2, 0) is 0 Å². The lowest BCUT2D eigenvalue weighted by Gasteiger charge is -2.28. The Morgan fingerprint density at radius 2 is 0.258 bits per heavy atom. The highest BCUT2D eigenvalue weighted by Crippen LogP contribution is 2.62. The molecule has 0 aromatic heterocycles. The van der Waals surface area contributed by atoms with Gasteiger partial charge < -0.3 is 0 Å². The van der Waals surface area contributed by atoms with Crippen LogP contribution in [0.2, 0.25) is 0 Å². The standard InChI is InChI=1S/C58H40S8/c1-9-25-41(26-10-1)59-51-49-50(53(61-43-29-13-3-14-30-43)56(64-46-35-19-6-20-36-46)55(51)63-45-33-17-5-18-34-45)54(62-44-31-15-4-16-32-44)58(66-48-39-23-8-24-40-48)57(65-47-37-21-7-22-38-47)52(49)60-42-27-11-2-12-28-42/h1-40H. The van der Waals surface area contributed by atoms with Crippen molar-refractivity contribution in [3.05, 3.63) is 243 Å². The van der Waals surface area contributed by atoms with E-state index in [0.717, 1.165) is 0 Å². The molecule has 8 heteroatoms. The molecule has 0 saturated heterocycles. The minimum Gasteiger partial charge on any atom is -0.0882 e. The highest BCUT2D eigenvalue weighted by atomic mass is 32.2. The van der Waals surface area contributed by atoms with Crippen LogP contribution < -0.4 is 0 Å². The van der Waals surface area contributed by atoms with Crippen molar-refractivity contribution in [2.24, 2.45) is 0 Å². The van der Waals surface area contributed by atoms with Gasteiger partial charge in [0.1, 0.15) is 0 Å². The number of hydrogen-bond donors (Lipinski definition) is 0. The maximum atomic E-state index is 2.26. The minimum absolute atomic E-state index is 1.20. The van der Waals surface area contributed by atoms with Crippen LogP contribution in [0.1, 0.15) is 0 Å². The van der Waals surface area contributed by atoms with Gasteiger partial charge in [-0.3, -0.25) is 0 Å². The first-order valence-electron chi connectivity index (χ1n) is 21.3. The van der Waals surface area contributed by atoms with E-state index in [0.29, 0.717) is 0 Å². The average Bonchev–Trinajstić information content (AvgIpc) is 3.38. The maximum absolute atomic E-state index is 2.26. The van der Waals surface area contributed by atoms with Crippen LogP contribution in [0.25, 0.3) is 10.8 Å². The maximum Gasteiger partial charge on any atom is 0.0420 e. The third kappa shape index (κ3) is 11.0.